The summed E-state index contributed by atoms with van der Waals surface area (Å²) in [4.78, 5) is 37.2. The minimum absolute atomic E-state index is 0.00173. The standard InChI is InChI=1S/C45H53N3O14S/c1-2-46-42(52)30-3-8-34(9-4-30)60-41(51)13-15-54-17-19-56-21-23-58-25-26-59-24-22-57-20-18-55-16-14-47-44(63)48-31-5-10-36-35(27-31)43(53)62-45(36)37-11-6-32(49)28-39(37)61-40-29-33(50)7-12-38(40)45/h3-11,27-29,38,49-50H,2,12-26H2,1H3,(H,46,52)(H2,47,48,63). The first-order chi connectivity index (χ1) is 30.7. The molecule has 2 unspecified atom stereocenters. The molecule has 0 saturated carbocycles. The van der Waals surface area contributed by atoms with Gasteiger partial charge in [0.25, 0.3) is 5.91 Å². The van der Waals surface area contributed by atoms with E-state index in [0.717, 1.165) is 0 Å². The quantitative estimate of drug-likeness (QED) is 0.0339. The zero-order valence-corrected chi connectivity index (χ0v) is 35.8. The highest BCUT2D eigenvalue weighted by Crippen LogP contribution is 2.57. The number of rotatable bonds is 25. The fraction of sp³-hybridized carbons (Fsp3) is 0.422. The third kappa shape index (κ3) is 13.0. The van der Waals surface area contributed by atoms with E-state index in [4.69, 9.17) is 54.8 Å². The van der Waals surface area contributed by atoms with E-state index in [-0.39, 0.29) is 30.4 Å². The van der Waals surface area contributed by atoms with Gasteiger partial charge in [-0.3, -0.25) is 9.59 Å². The van der Waals surface area contributed by atoms with Gasteiger partial charge in [-0.2, -0.15) is 0 Å². The number of aliphatic hydroxyl groups is 1. The zero-order chi connectivity index (χ0) is 44.4. The van der Waals surface area contributed by atoms with E-state index in [1.807, 2.05) is 19.1 Å². The second kappa shape index (κ2) is 23.7. The molecule has 1 spiro atoms. The number of aromatic hydroxyl groups is 1. The van der Waals surface area contributed by atoms with E-state index in [1.54, 1.807) is 42.5 Å². The third-order valence-corrected chi connectivity index (χ3v) is 10.2. The molecule has 2 atom stereocenters. The van der Waals surface area contributed by atoms with Crippen LogP contribution >= 0.6 is 12.2 Å². The van der Waals surface area contributed by atoms with Gasteiger partial charge >= 0.3 is 11.9 Å². The number of aliphatic hydroxyl groups excluding tert-OH is 1. The molecule has 6 rings (SSSR count). The van der Waals surface area contributed by atoms with Crippen molar-refractivity contribution in [2.75, 3.05) is 97.7 Å². The summed E-state index contributed by atoms with van der Waals surface area (Å²) in [7, 11) is 0. The Morgan fingerprint density at radius 1 is 0.778 bits per heavy atom. The fourth-order valence-electron chi connectivity index (χ4n) is 7.06. The highest BCUT2D eigenvalue weighted by Gasteiger charge is 2.58. The topological polar surface area (TPSA) is 211 Å². The van der Waals surface area contributed by atoms with Crippen LogP contribution in [0.1, 0.15) is 51.6 Å². The number of hydrogen-bond donors (Lipinski definition) is 5. The van der Waals surface area contributed by atoms with Crippen LogP contribution in [0.4, 0.5) is 5.69 Å². The van der Waals surface area contributed by atoms with Crippen LogP contribution in [0.25, 0.3) is 0 Å². The molecule has 17 nitrogen and oxygen atoms in total. The molecule has 1 amide bonds. The number of esters is 2. The summed E-state index contributed by atoms with van der Waals surface area (Å²) >= 11 is 5.47. The highest BCUT2D eigenvalue weighted by atomic mass is 32.1. The van der Waals surface area contributed by atoms with E-state index in [9.17, 15) is 24.6 Å². The summed E-state index contributed by atoms with van der Waals surface area (Å²) in [5.41, 5.74) is 1.54. The van der Waals surface area contributed by atoms with Gasteiger partial charge in [0.2, 0.25) is 0 Å². The molecule has 2 heterocycles. The SMILES string of the molecule is CCNC(=O)c1ccc(OC(=O)CCOCCOCCOCCOCCOCCOCCNC(=S)Nc2ccc3c(c2)C(=O)OC32c3ccc(O)cc3OC3=CC(O)=CCC32)cc1. The summed E-state index contributed by atoms with van der Waals surface area (Å²) in [5, 5.41) is 29.6. The van der Waals surface area contributed by atoms with Crippen LogP contribution in [-0.4, -0.2) is 126 Å². The van der Waals surface area contributed by atoms with Gasteiger partial charge < -0.3 is 68.8 Å². The van der Waals surface area contributed by atoms with Gasteiger partial charge in [0.1, 0.15) is 28.8 Å². The lowest BCUT2D eigenvalue weighted by molar-refractivity contribution is -0.135. The van der Waals surface area contributed by atoms with Gasteiger partial charge in [0.05, 0.1) is 97.2 Å². The Labute approximate surface area is 370 Å². The van der Waals surface area contributed by atoms with Crippen LogP contribution in [0, 0.1) is 5.92 Å². The molecule has 3 aliphatic rings. The van der Waals surface area contributed by atoms with E-state index >= 15 is 0 Å². The fourth-order valence-corrected chi connectivity index (χ4v) is 7.28. The maximum atomic E-state index is 13.4. The number of nitrogens with one attached hydrogen (secondary N) is 3. The monoisotopic (exact) mass is 891 g/mol. The first-order valence-corrected chi connectivity index (χ1v) is 21.2. The summed E-state index contributed by atoms with van der Waals surface area (Å²) in [6.07, 6.45) is 3.65. The number of ether oxygens (including phenoxy) is 9. The number of carbonyl (C=O) groups is 3. The number of anilines is 1. The van der Waals surface area contributed by atoms with Crippen molar-refractivity contribution in [1.29, 1.82) is 0 Å². The van der Waals surface area contributed by atoms with Gasteiger partial charge in [-0.05, 0) is 80.2 Å². The Hall–Kier alpha value is -5.60. The number of benzene rings is 3. The highest BCUT2D eigenvalue weighted by molar-refractivity contribution is 7.80. The van der Waals surface area contributed by atoms with Crippen molar-refractivity contribution >= 4 is 40.9 Å². The Bertz CT molecular complexity index is 2110. The maximum absolute atomic E-state index is 13.4. The molecule has 63 heavy (non-hydrogen) atoms. The Balaban J connectivity index is 0.736. The Morgan fingerprint density at radius 2 is 1.40 bits per heavy atom. The Morgan fingerprint density at radius 3 is 2.05 bits per heavy atom. The van der Waals surface area contributed by atoms with Crippen molar-refractivity contribution in [1.82, 2.24) is 10.6 Å². The average molecular weight is 892 g/mol. The second-order valence-electron chi connectivity index (χ2n) is 14.3. The molecule has 0 radical (unpaired) electrons. The van der Waals surface area contributed by atoms with Gasteiger partial charge in [0.15, 0.2) is 10.7 Å². The lowest BCUT2D eigenvalue weighted by Crippen LogP contribution is -2.43. The average Bonchev–Trinajstić information content (AvgIpc) is 3.55. The number of hydrogen-bond acceptors (Lipinski definition) is 15. The largest absolute Gasteiger partial charge is 0.508 e. The molecule has 3 aromatic rings. The molecule has 0 aromatic heterocycles. The van der Waals surface area contributed by atoms with Gasteiger partial charge in [0, 0.05) is 47.6 Å². The summed E-state index contributed by atoms with van der Waals surface area (Å²) in [5.74, 6) is -0.312. The number of phenols is 1. The van der Waals surface area contributed by atoms with Crippen LogP contribution in [0.2, 0.25) is 0 Å². The number of phenolic OH excluding ortho intramolecular Hbond substituents is 1. The van der Waals surface area contributed by atoms with E-state index in [1.165, 1.54) is 18.2 Å². The van der Waals surface area contributed by atoms with Crippen molar-refractivity contribution in [3.63, 3.8) is 0 Å². The molecule has 18 heteroatoms. The van der Waals surface area contributed by atoms with Gasteiger partial charge in [-0.25, -0.2) is 4.79 Å². The van der Waals surface area contributed by atoms with Crippen molar-refractivity contribution < 1.29 is 67.2 Å². The van der Waals surface area contributed by atoms with E-state index in [2.05, 4.69) is 16.0 Å². The van der Waals surface area contributed by atoms with Gasteiger partial charge in [-0.15, -0.1) is 0 Å². The lowest BCUT2D eigenvalue weighted by atomic mass is 9.70. The number of allylic oxidation sites excluding steroid dienone is 2. The van der Waals surface area contributed by atoms with Crippen LogP contribution in [-0.2, 0) is 43.6 Å². The first-order valence-electron chi connectivity index (χ1n) is 20.8. The normalized spacial score (nSPS) is 17.0. The van der Waals surface area contributed by atoms with Crippen molar-refractivity contribution in [2.45, 2.75) is 25.4 Å². The van der Waals surface area contributed by atoms with Crippen LogP contribution in [0.3, 0.4) is 0 Å². The molecule has 0 saturated heterocycles. The smallest absolute Gasteiger partial charge is 0.339 e. The predicted octanol–water partition coefficient (Wildman–Crippen LogP) is 4.68. The molecule has 1 aliphatic carbocycles. The van der Waals surface area contributed by atoms with Crippen molar-refractivity contribution in [2.24, 2.45) is 5.92 Å². The molecule has 0 bridgehead atoms. The lowest BCUT2D eigenvalue weighted by Gasteiger charge is -2.43. The predicted molar refractivity (Wildman–Crippen MR) is 232 cm³/mol. The van der Waals surface area contributed by atoms with Crippen LogP contribution in [0.15, 0.2) is 84.3 Å². The van der Waals surface area contributed by atoms with E-state index < -0.39 is 23.5 Å². The number of thiocarbonyl (C=S) groups is 1. The van der Waals surface area contributed by atoms with E-state index in [0.29, 0.717) is 142 Å². The molecule has 5 N–H and O–H groups in total. The van der Waals surface area contributed by atoms with Gasteiger partial charge in [-0.1, -0.05) is 6.07 Å². The van der Waals surface area contributed by atoms with Crippen molar-refractivity contribution in [3.8, 4) is 17.2 Å². The third-order valence-electron chi connectivity index (χ3n) is 9.96. The molecule has 0 fully saturated rings. The minimum atomic E-state index is -1.20. The molecule has 2 aliphatic heterocycles. The van der Waals surface area contributed by atoms with Crippen molar-refractivity contribution in [3.05, 3.63) is 107 Å². The summed E-state index contributed by atoms with van der Waals surface area (Å²) < 4.78 is 50.6. The van der Waals surface area contributed by atoms with Crippen LogP contribution < -0.4 is 25.4 Å². The number of amides is 1. The Kier molecular flexibility index (Phi) is 17.7. The molecule has 338 valence electrons. The maximum Gasteiger partial charge on any atom is 0.339 e. The summed E-state index contributed by atoms with van der Waals surface area (Å²) in [6.45, 7) is 7.42. The zero-order valence-electron chi connectivity index (χ0n) is 35.0. The number of fused-ring (bicyclic) bond motifs is 6. The molecular weight excluding hydrogens is 839 g/mol. The first kappa shape index (κ1) is 46.9. The summed E-state index contributed by atoms with van der Waals surface area (Å²) in [6, 6.07) is 16.4. The molecular formula is C45H53N3O14S. The molecule has 3 aromatic carbocycles. The second-order valence-corrected chi connectivity index (χ2v) is 14.7. The number of carbonyl (C=O) groups excluding carboxylic acids is 3. The minimum Gasteiger partial charge on any atom is -0.508 e. The van der Waals surface area contributed by atoms with Crippen LogP contribution in [0.5, 0.6) is 17.2 Å².